The van der Waals surface area contributed by atoms with Crippen LogP contribution in [-0.2, 0) is 12.8 Å². The number of halogens is 1. The van der Waals surface area contributed by atoms with E-state index in [1.165, 1.54) is 5.56 Å². The van der Waals surface area contributed by atoms with Crippen molar-refractivity contribution in [3.8, 4) is 11.1 Å². The predicted molar refractivity (Wildman–Crippen MR) is 126 cm³/mol. The van der Waals surface area contributed by atoms with Gasteiger partial charge in [0.25, 0.3) is 0 Å². The third-order valence-electron chi connectivity index (χ3n) is 8.45. The number of amides is 1. The van der Waals surface area contributed by atoms with Gasteiger partial charge in [-0.05, 0) is 90.4 Å². The van der Waals surface area contributed by atoms with Crippen LogP contribution in [0.2, 0.25) is 0 Å². The Bertz CT molecular complexity index is 1060. The van der Waals surface area contributed by atoms with Gasteiger partial charge in [0.05, 0.1) is 6.04 Å². The first kappa shape index (κ1) is 22.4. The van der Waals surface area contributed by atoms with Crippen LogP contribution in [-0.4, -0.2) is 41.6 Å². The van der Waals surface area contributed by atoms with Gasteiger partial charge in [-0.2, -0.15) is 0 Å². The maximum absolute atomic E-state index is 14.4. The number of aryl methyl sites for hydroxylation is 2. The van der Waals surface area contributed by atoms with Crippen LogP contribution in [0.4, 0.5) is 9.18 Å². The van der Waals surface area contributed by atoms with E-state index >= 15 is 0 Å². The number of nitrogens with zero attached hydrogens (tertiary/aromatic N) is 2. The van der Waals surface area contributed by atoms with Gasteiger partial charge < -0.3 is 19.7 Å². The summed E-state index contributed by atoms with van der Waals surface area (Å²) in [6.07, 6.45) is 3.54. The van der Waals surface area contributed by atoms with E-state index in [-0.39, 0.29) is 23.3 Å². The fourth-order valence-electron chi connectivity index (χ4n) is 6.50. The van der Waals surface area contributed by atoms with E-state index in [0.29, 0.717) is 12.3 Å². The number of rotatable bonds is 4. The highest BCUT2D eigenvalue weighted by Crippen LogP contribution is 2.50. The Labute approximate surface area is 196 Å². The number of piperidine rings is 3. The minimum atomic E-state index is -1.05. The van der Waals surface area contributed by atoms with E-state index in [9.17, 15) is 14.3 Å². The molecule has 0 saturated carbocycles. The maximum Gasteiger partial charge on any atom is 0.137 e. The molecule has 0 radical (unpaired) electrons. The molecule has 3 heterocycles. The number of benzene rings is 2. The van der Waals surface area contributed by atoms with Gasteiger partial charge in [-0.1, -0.05) is 51.1 Å². The van der Waals surface area contributed by atoms with Crippen molar-refractivity contribution < 1.29 is 14.3 Å². The van der Waals surface area contributed by atoms with Gasteiger partial charge in [-0.3, -0.25) is 0 Å². The van der Waals surface area contributed by atoms with E-state index in [1.54, 1.807) is 11.0 Å². The Morgan fingerprint density at radius 2 is 1.85 bits per heavy atom. The average molecular weight is 450 g/mol. The lowest BCUT2D eigenvalue weighted by Crippen LogP contribution is -2.63. The highest BCUT2D eigenvalue weighted by atomic mass is 19.1. The van der Waals surface area contributed by atoms with E-state index in [0.717, 1.165) is 67.6 Å². The summed E-state index contributed by atoms with van der Waals surface area (Å²) in [6, 6.07) is 11.5. The normalized spacial score (nSPS) is 27.8. The number of carbonyl (C=O) groups is 1. The summed E-state index contributed by atoms with van der Waals surface area (Å²) in [7, 11) is 0. The number of carbonyl (C=O) groups excluding carboxylic acids is 1. The molecule has 1 amide bonds. The first-order valence-electron chi connectivity index (χ1n) is 12.4. The molecule has 5 heteroatoms. The van der Waals surface area contributed by atoms with Crippen LogP contribution in [0.25, 0.3) is 11.1 Å². The standard InChI is InChI=1S/C28H35FN2O2/c1-4-18-5-6-21(16-24(18)29)20-7-8-23-22(15-20)9-12-28(2,3)26(23)31(27(32)33)25-17-30-13-10-19(25)11-14-30/h5-8,15-16,19,25-26H,4,9-14,17H2,1-3H3,(H,32,33)/p-1/t25-,26+/m1/s1. The molecule has 3 fully saturated rings. The fourth-order valence-corrected chi connectivity index (χ4v) is 6.50. The molecule has 2 bridgehead atoms. The Hall–Kier alpha value is -2.40. The molecule has 3 aliphatic heterocycles. The second-order valence-corrected chi connectivity index (χ2v) is 10.8. The number of carboxylic acid groups (broad SMARTS) is 1. The van der Waals surface area contributed by atoms with Gasteiger partial charge >= 0.3 is 0 Å². The van der Waals surface area contributed by atoms with Gasteiger partial charge in [0, 0.05) is 12.6 Å². The van der Waals surface area contributed by atoms with Crippen molar-refractivity contribution in [3.05, 3.63) is 58.9 Å². The van der Waals surface area contributed by atoms with E-state index in [1.807, 2.05) is 25.1 Å². The lowest BCUT2D eigenvalue weighted by molar-refractivity contribution is -0.277. The summed E-state index contributed by atoms with van der Waals surface area (Å²) in [4.78, 5) is 16.7. The number of hydrogen-bond acceptors (Lipinski definition) is 3. The summed E-state index contributed by atoms with van der Waals surface area (Å²) in [5, 5.41) is 12.6. The minimum Gasteiger partial charge on any atom is -0.530 e. The molecule has 1 aliphatic carbocycles. The second-order valence-electron chi connectivity index (χ2n) is 10.8. The monoisotopic (exact) mass is 449 g/mol. The molecule has 2 atom stereocenters. The fraction of sp³-hybridized carbons (Fsp3) is 0.536. The van der Waals surface area contributed by atoms with E-state index in [2.05, 4.69) is 30.9 Å². The first-order chi connectivity index (χ1) is 15.8. The Balaban J connectivity index is 1.54. The smallest absolute Gasteiger partial charge is 0.137 e. The van der Waals surface area contributed by atoms with Crippen molar-refractivity contribution in [1.29, 1.82) is 0 Å². The third kappa shape index (κ3) is 3.95. The highest BCUT2D eigenvalue weighted by Gasteiger charge is 2.46. The number of fused-ring (bicyclic) bond motifs is 4. The molecule has 33 heavy (non-hydrogen) atoms. The van der Waals surface area contributed by atoms with Crippen molar-refractivity contribution in [2.75, 3.05) is 19.6 Å². The maximum atomic E-state index is 14.4. The van der Waals surface area contributed by atoms with Gasteiger partial charge in [0.15, 0.2) is 0 Å². The van der Waals surface area contributed by atoms with Crippen LogP contribution in [0.5, 0.6) is 0 Å². The van der Waals surface area contributed by atoms with Crippen molar-refractivity contribution >= 4 is 6.09 Å². The van der Waals surface area contributed by atoms with Gasteiger partial charge in [-0.15, -0.1) is 0 Å². The Kier molecular flexibility index (Phi) is 5.72. The summed E-state index contributed by atoms with van der Waals surface area (Å²) < 4.78 is 14.4. The molecule has 0 unspecified atom stereocenters. The molecule has 0 aromatic heterocycles. The highest BCUT2D eigenvalue weighted by molar-refractivity contribution is 5.68. The summed E-state index contributed by atoms with van der Waals surface area (Å²) >= 11 is 0. The minimum absolute atomic E-state index is 0.0110. The quantitative estimate of drug-likeness (QED) is 0.673. The largest absolute Gasteiger partial charge is 0.530 e. The molecule has 0 spiro atoms. The zero-order valence-corrected chi connectivity index (χ0v) is 19.9. The van der Waals surface area contributed by atoms with Crippen molar-refractivity contribution in [2.24, 2.45) is 11.3 Å². The molecular formula is C28H34FN2O2-. The lowest BCUT2D eigenvalue weighted by Gasteiger charge is -2.56. The number of hydrogen-bond donors (Lipinski definition) is 0. The molecule has 2 aromatic carbocycles. The zero-order valence-electron chi connectivity index (χ0n) is 19.9. The molecule has 6 rings (SSSR count). The third-order valence-corrected chi connectivity index (χ3v) is 8.45. The average Bonchev–Trinajstić information content (AvgIpc) is 2.81. The SMILES string of the molecule is CCc1ccc(-c2ccc3c(c2)CCC(C)(C)[C@H]3N(C(=O)[O-])[C@@H]2CN3CCC2CC3)cc1F. The zero-order chi connectivity index (χ0) is 23.3. The van der Waals surface area contributed by atoms with Crippen LogP contribution in [0.3, 0.4) is 0 Å². The molecule has 0 N–H and O–H groups in total. The Morgan fingerprint density at radius 3 is 2.45 bits per heavy atom. The summed E-state index contributed by atoms with van der Waals surface area (Å²) in [5.74, 6) is 0.241. The molecule has 3 saturated heterocycles. The molecule has 176 valence electrons. The van der Waals surface area contributed by atoms with Crippen molar-refractivity contribution in [3.63, 3.8) is 0 Å². The lowest BCUT2D eigenvalue weighted by atomic mass is 9.68. The predicted octanol–water partition coefficient (Wildman–Crippen LogP) is 4.81. The van der Waals surface area contributed by atoms with Crippen LogP contribution in [0, 0.1) is 17.2 Å². The van der Waals surface area contributed by atoms with E-state index in [4.69, 9.17) is 0 Å². The van der Waals surface area contributed by atoms with Gasteiger partial charge in [0.1, 0.15) is 11.9 Å². The Morgan fingerprint density at radius 1 is 1.15 bits per heavy atom. The molecular weight excluding hydrogens is 415 g/mol. The second kappa shape index (κ2) is 8.43. The van der Waals surface area contributed by atoms with Crippen LogP contribution in [0.1, 0.15) is 62.8 Å². The van der Waals surface area contributed by atoms with Crippen molar-refractivity contribution in [2.45, 2.75) is 65.0 Å². The molecule has 4 aliphatic rings. The molecule has 4 nitrogen and oxygen atoms in total. The van der Waals surface area contributed by atoms with Crippen LogP contribution < -0.4 is 5.11 Å². The van der Waals surface area contributed by atoms with E-state index < -0.39 is 6.09 Å². The molecule has 2 aromatic rings. The van der Waals surface area contributed by atoms with Crippen molar-refractivity contribution in [1.82, 2.24) is 9.80 Å². The van der Waals surface area contributed by atoms with Gasteiger partial charge in [-0.25, -0.2) is 4.39 Å². The topological polar surface area (TPSA) is 46.6 Å². The van der Waals surface area contributed by atoms with Crippen LogP contribution in [0.15, 0.2) is 36.4 Å². The van der Waals surface area contributed by atoms with Crippen LogP contribution >= 0.6 is 0 Å². The van der Waals surface area contributed by atoms with Gasteiger partial charge in [0.2, 0.25) is 0 Å². The summed E-state index contributed by atoms with van der Waals surface area (Å²) in [5.41, 5.74) is 4.64. The first-order valence-corrected chi connectivity index (χ1v) is 12.4. The summed E-state index contributed by atoms with van der Waals surface area (Å²) in [6.45, 7) is 9.28.